The van der Waals surface area contributed by atoms with Gasteiger partial charge < -0.3 is 9.80 Å². The molecule has 0 radical (unpaired) electrons. The first-order valence-corrected chi connectivity index (χ1v) is 11.8. The minimum atomic E-state index is -4.37. The molecule has 3 heterocycles. The van der Waals surface area contributed by atoms with E-state index in [0.29, 0.717) is 43.3 Å². The molecule has 1 fully saturated rings. The molecule has 0 unspecified atom stereocenters. The molecule has 0 N–H and O–H groups in total. The Balaban J connectivity index is 1.29. The molecule has 9 heteroatoms. The van der Waals surface area contributed by atoms with Crippen molar-refractivity contribution >= 4 is 33.1 Å². The molecular formula is C25H23F3N4OS. The van der Waals surface area contributed by atoms with E-state index in [9.17, 15) is 18.0 Å². The van der Waals surface area contributed by atoms with E-state index in [1.807, 2.05) is 52.9 Å². The van der Waals surface area contributed by atoms with Crippen LogP contribution in [0.3, 0.4) is 0 Å². The van der Waals surface area contributed by atoms with Gasteiger partial charge in [-0.2, -0.15) is 18.3 Å². The highest BCUT2D eigenvalue weighted by Crippen LogP contribution is 2.33. The maximum Gasteiger partial charge on any atom is 0.416 e. The Bertz CT molecular complexity index is 1320. The summed E-state index contributed by atoms with van der Waals surface area (Å²) in [5, 5.41) is 5.62. The third kappa shape index (κ3) is 4.40. The lowest BCUT2D eigenvalue weighted by atomic mass is 10.1. The molecule has 176 valence electrons. The van der Waals surface area contributed by atoms with Crippen molar-refractivity contribution in [3.05, 3.63) is 82.4 Å². The van der Waals surface area contributed by atoms with Crippen LogP contribution in [0.15, 0.2) is 60.7 Å². The second-order valence-corrected chi connectivity index (χ2v) is 9.42. The zero-order valence-corrected chi connectivity index (χ0v) is 19.4. The summed E-state index contributed by atoms with van der Waals surface area (Å²) >= 11 is 1.44. The van der Waals surface area contributed by atoms with Crippen molar-refractivity contribution in [3.8, 4) is 0 Å². The summed E-state index contributed by atoms with van der Waals surface area (Å²) in [6.07, 6.45) is -4.37. The number of fused-ring (bicyclic) bond motifs is 1. The Morgan fingerprint density at radius 1 is 1.00 bits per heavy atom. The van der Waals surface area contributed by atoms with Gasteiger partial charge in [-0.25, -0.2) is 0 Å². The molecule has 34 heavy (non-hydrogen) atoms. The van der Waals surface area contributed by atoms with Crippen LogP contribution in [0.1, 0.15) is 26.5 Å². The Morgan fingerprint density at radius 3 is 2.44 bits per heavy atom. The van der Waals surface area contributed by atoms with E-state index < -0.39 is 11.7 Å². The minimum Gasteiger partial charge on any atom is -0.368 e. The van der Waals surface area contributed by atoms with Gasteiger partial charge in [-0.3, -0.25) is 9.48 Å². The van der Waals surface area contributed by atoms with Crippen LogP contribution in [0.4, 0.5) is 18.9 Å². The minimum absolute atomic E-state index is 0.0458. The normalized spacial score (nSPS) is 14.7. The predicted octanol–water partition coefficient (Wildman–Crippen LogP) is 5.44. The number of carbonyl (C=O) groups excluding carboxylic acids is 1. The van der Waals surface area contributed by atoms with Crippen molar-refractivity contribution in [2.24, 2.45) is 0 Å². The maximum absolute atomic E-state index is 13.2. The van der Waals surface area contributed by atoms with Crippen molar-refractivity contribution in [3.63, 3.8) is 0 Å². The van der Waals surface area contributed by atoms with Crippen LogP contribution in [0, 0.1) is 6.92 Å². The molecular weight excluding hydrogens is 461 g/mol. The number of hydrogen-bond donors (Lipinski definition) is 0. The van der Waals surface area contributed by atoms with Gasteiger partial charge in [0, 0.05) is 37.3 Å². The smallest absolute Gasteiger partial charge is 0.368 e. The summed E-state index contributed by atoms with van der Waals surface area (Å²) in [4.78, 5) is 18.5. The fourth-order valence-electron chi connectivity index (χ4n) is 4.28. The van der Waals surface area contributed by atoms with Gasteiger partial charge in [0.1, 0.15) is 4.83 Å². The van der Waals surface area contributed by atoms with Crippen LogP contribution in [-0.4, -0.2) is 46.8 Å². The average Bonchev–Trinajstić information content (AvgIpc) is 3.40. The lowest BCUT2D eigenvalue weighted by Crippen LogP contribution is -2.48. The third-order valence-electron chi connectivity index (χ3n) is 6.10. The first kappa shape index (κ1) is 22.5. The van der Waals surface area contributed by atoms with Gasteiger partial charge >= 0.3 is 6.18 Å². The number of anilines is 1. The first-order chi connectivity index (χ1) is 16.3. The fraction of sp³-hybridized carbons (Fsp3) is 0.280. The molecule has 0 spiro atoms. The third-order valence-corrected chi connectivity index (χ3v) is 7.24. The van der Waals surface area contributed by atoms with E-state index in [1.165, 1.54) is 23.5 Å². The number of hydrogen-bond acceptors (Lipinski definition) is 4. The van der Waals surface area contributed by atoms with Crippen LogP contribution >= 0.6 is 11.3 Å². The highest BCUT2D eigenvalue weighted by atomic mass is 32.1. The van der Waals surface area contributed by atoms with Gasteiger partial charge in [0.15, 0.2) is 0 Å². The first-order valence-electron chi connectivity index (χ1n) is 11.0. The lowest BCUT2D eigenvalue weighted by molar-refractivity contribution is -0.137. The maximum atomic E-state index is 13.2. The van der Waals surface area contributed by atoms with Crippen molar-refractivity contribution in [2.45, 2.75) is 19.6 Å². The SMILES string of the molecule is Cc1nn(Cc2ccccc2)c2sc(C(=O)N3CCN(c4cccc(C(F)(F)F)c4)CC3)cc12. The van der Waals surface area contributed by atoms with Crippen LogP contribution in [0.5, 0.6) is 0 Å². The molecule has 0 aliphatic carbocycles. The van der Waals surface area contributed by atoms with Crippen molar-refractivity contribution in [1.82, 2.24) is 14.7 Å². The summed E-state index contributed by atoms with van der Waals surface area (Å²) < 4.78 is 41.1. The van der Waals surface area contributed by atoms with Crippen LogP contribution in [0.25, 0.3) is 10.2 Å². The van der Waals surface area contributed by atoms with Crippen LogP contribution in [-0.2, 0) is 12.7 Å². The number of rotatable bonds is 4. The number of piperazine rings is 1. The van der Waals surface area contributed by atoms with Crippen LogP contribution in [0.2, 0.25) is 0 Å². The topological polar surface area (TPSA) is 41.4 Å². The number of amides is 1. The Labute approximate surface area is 199 Å². The molecule has 1 saturated heterocycles. The zero-order chi connectivity index (χ0) is 23.9. The summed E-state index contributed by atoms with van der Waals surface area (Å²) in [6, 6.07) is 17.3. The lowest BCUT2D eigenvalue weighted by Gasteiger charge is -2.36. The molecule has 0 bridgehead atoms. The molecule has 1 aliphatic rings. The Kier molecular flexibility index (Phi) is 5.81. The van der Waals surface area contributed by atoms with Gasteiger partial charge in [-0.05, 0) is 36.8 Å². The average molecular weight is 485 g/mol. The summed E-state index contributed by atoms with van der Waals surface area (Å²) in [6.45, 7) is 4.46. The number of aromatic nitrogens is 2. The molecule has 1 aliphatic heterocycles. The highest BCUT2D eigenvalue weighted by Gasteiger charge is 2.31. The molecule has 4 aromatic rings. The summed E-state index contributed by atoms with van der Waals surface area (Å²) in [5.41, 5.74) is 1.89. The molecule has 0 atom stereocenters. The van der Waals surface area contributed by atoms with E-state index >= 15 is 0 Å². The van der Waals surface area contributed by atoms with Crippen molar-refractivity contribution in [2.75, 3.05) is 31.1 Å². The quantitative estimate of drug-likeness (QED) is 0.388. The Hall–Kier alpha value is -3.33. The number of nitrogens with zero attached hydrogens (tertiary/aromatic N) is 4. The summed E-state index contributed by atoms with van der Waals surface area (Å²) in [5.74, 6) is -0.0458. The van der Waals surface area contributed by atoms with Gasteiger partial charge in [0.2, 0.25) is 0 Å². The molecule has 5 nitrogen and oxygen atoms in total. The second-order valence-electron chi connectivity index (χ2n) is 8.39. The largest absolute Gasteiger partial charge is 0.416 e. The van der Waals surface area contributed by atoms with E-state index in [4.69, 9.17) is 0 Å². The number of aryl methyl sites for hydroxylation is 1. The molecule has 0 saturated carbocycles. The Morgan fingerprint density at radius 2 is 1.74 bits per heavy atom. The number of halogens is 3. The van der Waals surface area contributed by atoms with Crippen molar-refractivity contribution < 1.29 is 18.0 Å². The zero-order valence-electron chi connectivity index (χ0n) is 18.5. The standard InChI is InChI=1S/C25H23F3N4OS/c1-17-21-15-22(34-24(21)32(29-17)16-18-6-3-2-4-7-18)23(33)31-12-10-30(11-13-31)20-9-5-8-19(14-20)25(26,27)28/h2-9,14-15H,10-13,16H2,1H3. The van der Waals surface area contributed by atoms with Gasteiger partial charge in [0.25, 0.3) is 5.91 Å². The van der Waals surface area contributed by atoms with Gasteiger partial charge in [0.05, 0.1) is 22.7 Å². The predicted molar refractivity (Wildman–Crippen MR) is 127 cm³/mol. The highest BCUT2D eigenvalue weighted by molar-refractivity contribution is 7.20. The number of benzene rings is 2. The van der Waals surface area contributed by atoms with Gasteiger partial charge in [-0.15, -0.1) is 11.3 Å². The molecule has 2 aromatic heterocycles. The van der Waals surface area contributed by atoms with Crippen molar-refractivity contribution in [1.29, 1.82) is 0 Å². The molecule has 5 rings (SSSR count). The van der Waals surface area contributed by atoms with Crippen LogP contribution < -0.4 is 4.90 Å². The number of carbonyl (C=O) groups is 1. The van der Waals surface area contributed by atoms with E-state index in [-0.39, 0.29) is 5.91 Å². The van der Waals surface area contributed by atoms with E-state index in [1.54, 1.807) is 11.0 Å². The summed E-state index contributed by atoms with van der Waals surface area (Å²) in [7, 11) is 0. The fourth-order valence-corrected chi connectivity index (χ4v) is 5.41. The number of alkyl halides is 3. The second kappa shape index (κ2) is 8.79. The monoisotopic (exact) mass is 484 g/mol. The van der Waals surface area contributed by atoms with E-state index in [2.05, 4.69) is 5.10 Å². The van der Waals surface area contributed by atoms with Gasteiger partial charge in [-0.1, -0.05) is 36.4 Å². The number of thiophene rings is 1. The molecule has 1 amide bonds. The van der Waals surface area contributed by atoms with E-state index in [0.717, 1.165) is 27.5 Å². The molecule has 2 aromatic carbocycles.